The van der Waals surface area contributed by atoms with Gasteiger partial charge in [0.1, 0.15) is 0 Å². The van der Waals surface area contributed by atoms with Gasteiger partial charge in [-0.05, 0) is 12.8 Å². The summed E-state index contributed by atoms with van der Waals surface area (Å²) in [7, 11) is 0. The SMILES string of the molecule is CCCC(CC(=O)N1CCCO1)n1ccnc1. The monoisotopic (exact) mass is 237 g/mol. The summed E-state index contributed by atoms with van der Waals surface area (Å²) in [5, 5.41) is 1.50. The van der Waals surface area contributed by atoms with Crippen LogP contribution in [0.3, 0.4) is 0 Å². The van der Waals surface area contributed by atoms with E-state index in [1.54, 1.807) is 12.5 Å². The van der Waals surface area contributed by atoms with Gasteiger partial charge in [-0.1, -0.05) is 13.3 Å². The predicted molar refractivity (Wildman–Crippen MR) is 63.1 cm³/mol. The summed E-state index contributed by atoms with van der Waals surface area (Å²) in [5.41, 5.74) is 0. The van der Waals surface area contributed by atoms with Crippen LogP contribution in [0.5, 0.6) is 0 Å². The first-order valence-electron chi connectivity index (χ1n) is 6.22. The van der Waals surface area contributed by atoms with Crippen LogP contribution < -0.4 is 0 Å². The molecule has 5 heteroatoms. The molecule has 1 aromatic rings. The zero-order chi connectivity index (χ0) is 12.1. The van der Waals surface area contributed by atoms with Gasteiger partial charge >= 0.3 is 0 Å². The number of amides is 1. The maximum atomic E-state index is 12.0. The first kappa shape index (κ1) is 12.1. The summed E-state index contributed by atoms with van der Waals surface area (Å²) in [4.78, 5) is 21.3. The van der Waals surface area contributed by atoms with Crippen molar-refractivity contribution in [3.05, 3.63) is 18.7 Å². The lowest BCUT2D eigenvalue weighted by Crippen LogP contribution is -2.29. The highest BCUT2D eigenvalue weighted by atomic mass is 16.7. The summed E-state index contributed by atoms with van der Waals surface area (Å²) in [6, 6.07) is 0.194. The van der Waals surface area contributed by atoms with Gasteiger partial charge in [0.2, 0.25) is 5.91 Å². The van der Waals surface area contributed by atoms with E-state index >= 15 is 0 Å². The summed E-state index contributed by atoms with van der Waals surface area (Å²) in [5.74, 6) is 0.0784. The molecule has 0 aromatic carbocycles. The standard InChI is InChI=1S/C12H19N3O2/c1-2-4-11(14-7-5-13-10-14)9-12(16)15-6-3-8-17-15/h5,7,10-11H,2-4,6,8-9H2,1H3. The third-order valence-corrected chi connectivity index (χ3v) is 3.01. The van der Waals surface area contributed by atoms with Gasteiger partial charge in [-0.25, -0.2) is 10.0 Å². The smallest absolute Gasteiger partial charge is 0.248 e. The Bertz CT molecular complexity index is 345. The van der Waals surface area contributed by atoms with Crippen LogP contribution in [0.25, 0.3) is 0 Å². The average molecular weight is 237 g/mol. The Labute approximate surface area is 101 Å². The number of imidazole rings is 1. The molecule has 1 unspecified atom stereocenters. The van der Waals surface area contributed by atoms with Gasteiger partial charge in [0.25, 0.3) is 0 Å². The van der Waals surface area contributed by atoms with Crippen LogP contribution >= 0.6 is 0 Å². The number of rotatable bonds is 5. The molecule has 1 atom stereocenters. The minimum Gasteiger partial charge on any atom is -0.334 e. The van der Waals surface area contributed by atoms with E-state index in [9.17, 15) is 4.79 Å². The van der Waals surface area contributed by atoms with E-state index in [2.05, 4.69) is 11.9 Å². The van der Waals surface area contributed by atoms with Crippen molar-refractivity contribution in [3.8, 4) is 0 Å². The predicted octanol–water partition coefficient (Wildman–Crippen LogP) is 1.78. The molecule has 0 bridgehead atoms. The highest BCUT2D eigenvalue weighted by molar-refractivity contribution is 5.75. The second-order valence-corrected chi connectivity index (χ2v) is 4.34. The van der Waals surface area contributed by atoms with Gasteiger partial charge in [-0.2, -0.15) is 0 Å². The average Bonchev–Trinajstić information content (AvgIpc) is 3.01. The fourth-order valence-corrected chi connectivity index (χ4v) is 2.12. The van der Waals surface area contributed by atoms with Gasteiger partial charge in [0, 0.05) is 24.9 Å². The Morgan fingerprint density at radius 3 is 3.06 bits per heavy atom. The van der Waals surface area contributed by atoms with Crippen molar-refractivity contribution >= 4 is 5.91 Å². The van der Waals surface area contributed by atoms with E-state index in [-0.39, 0.29) is 11.9 Å². The maximum absolute atomic E-state index is 12.0. The lowest BCUT2D eigenvalue weighted by atomic mass is 10.1. The highest BCUT2D eigenvalue weighted by Gasteiger charge is 2.23. The highest BCUT2D eigenvalue weighted by Crippen LogP contribution is 2.20. The molecule has 17 heavy (non-hydrogen) atoms. The molecular weight excluding hydrogens is 218 g/mol. The third-order valence-electron chi connectivity index (χ3n) is 3.01. The van der Waals surface area contributed by atoms with E-state index < -0.39 is 0 Å². The van der Waals surface area contributed by atoms with Gasteiger partial charge in [-0.15, -0.1) is 0 Å². The molecule has 0 radical (unpaired) electrons. The van der Waals surface area contributed by atoms with Crippen LogP contribution in [0.15, 0.2) is 18.7 Å². The number of hydroxylamine groups is 2. The first-order valence-corrected chi connectivity index (χ1v) is 6.22. The molecule has 0 N–H and O–H groups in total. The van der Waals surface area contributed by atoms with Gasteiger partial charge in [0.15, 0.2) is 0 Å². The van der Waals surface area contributed by atoms with Crippen molar-refractivity contribution < 1.29 is 9.63 Å². The molecule has 2 rings (SSSR count). The molecule has 1 fully saturated rings. The summed E-state index contributed by atoms with van der Waals surface area (Å²) < 4.78 is 2.01. The van der Waals surface area contributed by atoms with Gasteiger partial charge < -0.3 is 4.57 Å². The zero-order valence-electron chi connectivity index (χ0n) is 10.2. The number of nitrogens with zero attached hydrogens (tertiary/aromatic N) is 3. The molecule has 94 valence electrons. The largest absolute Gasteiger partial charge is 0.334 e. The Hall–Kier alpha value is -1.36. The molecule has 0 aliphatic carbocycles. The minimum atomic E-state index is 0.0784. The maximum Gasteiger partial charge on any atom is 0.248 e. The van der Waals surface area contributed by atoms with Gasteiger partial charge in [0.05, 0.1) is 19.5 Å². The Morgan fingerprint density at radius 2 is 2.47 bits per heavy atom. The number of carbonyl (C=O) groups is 1. The Balaban J connectivity index is 1.95. The van der Waals surface area contributed by atoms with Crippen molar-refractivity contribution in [2.75, 3.05) is 13.2 Å². The van der Waals surface area contributed by atoms with Crippen LogP contribution in [0.1, 0.15) is 38.6 Å². The lowest BCUT2D eigenvalue weighted by Gasteiger charge is -2.20. The fourth-order valence-electron chi connectivity index (χ4n) is 2.12. The van der Waals surface area contributed by atoms with Gasteiger partial charge in [-0.3, -0.25) is 9.63 Å². The van der Waals surface area contributed by atoms with E-state index in [1.165, 1.54) is 5.06 Å². The van der Waals surface area contributed by atoms with E-state index in [4.69, 9.17) is 4.84 Å². The van der Waals surface area contributed by atoms with Crippen LogP contribution in [-0.4, -0.2) is 33.7 Å². The van der Waals surface area contributed by atoms with E-state index in [1.807, 2.05) is 10.8 Å². The minimum absolute atomic E-state index is 0.0784. The summed E-state index contributed by atoms with van der Waals surface area (Å²) in [6.45, 7) is 3.51. The normalized spacial score (nSPS) is 17.4. The number of aromatic nitrogens is 2. The molecule has 0 spiro atoms. The molecule has 2 heterocycles. The number of hydrogen-bond donors (Lipinski definition) is 0. The quantitative estimate of drug-likeness (QED) is 0.784. The second-order valence-electron chi connectivity index (χ2n) is 4.34. The summed E-state index contributed by atoms with van der Waals surface area (Å²) >= 11 is 0. The van der Waals surface area contributed by atoms with Crippen LogP contribution in [-0.2, 0) is 9.63 Å². The van der Waals surface area contributed by atoms with Crippen molar-refractivity contribution in [1.82, 2.24) is 14.6 Å². The molecule has 5 nitrogen and oxygen atoms in total. The summed E-state index contributed by atoms with van der Waals surface area (Å²) in [6.07, 6.45) is 8.91. The van der Waals surface area contributed by atoms with Crippen molar-refractivity contribution in [1.29, 1.82) is 0 Å². The van der Waals surface area contributed by atoms with Crippen molar-refractivity contribution in [2.24, 2.45) is 0 Å². The molecule has 1 amide bonds. The molecule has 1 aliphatic heterocycles. The van der Waals surface area contributed by atoms with E-state index in [0.29, 0.717) is 13.0 Å². The van der Waals surface area contributed by atoms with Crippen LogP contribution in [0.2, 0.25) is 0 Å². The number of carbonyl (C=O) groups excluding carboxylic acids is 1. The van der Waals surface area contributed by atoms with Crippen molar-refractivity contribution in [3.63, 3.8) is 0 Å². The van der Waals surface area contributed by atoms with E-state index in [0.717, 1.165) is 25.8 Å². The van der Waals surface area contributed by atoms with Crippen molar-refractivity contribution in [2.45, 2.75) is 38.6 Å². The molecule has 0 saturated carbocycles. The van der Waals surface area contributed by atoms with Crippen LogP contribution in [0, 0.1) is 0 Å². The first-order chi connectivity index (χ1) is 8.31. The Morgan fingerprint density at radius 1 is 1.59 bits per heavy atom. The zero-order valence-corrected chi connectivity index (χ0v) is 10.2. The number of hydrogen-bond acceptors (Lipinski definition) is 3. The topological polar surface area (TPSA) is 47.4 Å². The molecular formula is C12H19N3O2. The third kappa shape index (κ3) is 3.06. The molecule has 1 aromatic heterocycles. The Kier molecular flexibility index (Phi) is 4.14. The second kappa shape index (κ2) is 5.82. The molecule has 1 aliphatic rings. The molecule has 1 saturated heterocycles. The fraction of sp³-hybridized carbons (Fsp3) is 0.667. The lowest BCUT2D eigenvalue weighted by molar-refractivity contribution is -0.169. The van der Waals surface area contributed by atoms with Crippen LogP contribution in [0.4, 0.5) is 0 Å².